The Kier molecular flexibility index (Phi) is 2.21. The Morgan fingerprint density at radius 1 is 1.53 bits per heavy atom. The van der Waals surface area contributed by atoms with Crippen LogP contribution in [0.1, 0.15) is 10.4 Å². The summed E-state index contributed by atoms with van der Waals surface area (Å²) in [6, 6.07) is 4.97. The molecule has 2 aromatic heterocycles. The van der Waals surface area contributed by atoms with E-state index in [4.69, 9.17) is 0 Å². The normalized spacial score (nSPS) is 10.2. The van der Waals surface area contributed by atoms with E-state index in [0.29, 0.717) is 11.0 Å². The molecule has 5 nitrogen and oxygen atoms in total. The van der Waals surface area contributed by atoms with E-state index in [9.17, 15) is 9.90 Å². The Labute approximate surface area is 85.4 Å². The maximum absolute atomic E-state index is 11.2. The van der Waals surface area contributed by atoms with E-state index in [1.165, 1.54) is 13.2 Å². The number of ether oxygens (including phenoxy) is 1. The van der Waals surface area contributed by atoms with Crippen LogP contribution in [0.3, 0.4) is 0 Å². The van der Waals surface area contributed by atoms with Gasteiger partial charge in [-0.2, -0.15) is 4.98 Å². The van der Waals surface area contributed by atoms with Crippen LogP contribution in [0, 0.1) is 0 Å². The SMILES string of the molecule is COC(=O)c1cc2cccnc2nc1O. The minimum Gasteiger partial charge on any atom is -0.493 e. The van der Waals surface area contributed by atoms with Crippen LogP contribution in [-0.2, 0) is 4.74 Å². The third kappa shape index (κ3) is 1.59. The standard InChI is InChI=1S/C10H8N2O3/c1-15-10(14)7-5-6-3-2-4-11-8(6)12-9(7)13/h2-5H,1H3,(H,11,12,13). The first-order valence-electron chi connectivity index (χ1n) is 4.25. The molecule has 0 aliphatic rings. The van der Waals surface area contributed by atoms with Gasteiger partial charge in [0.1, 0.15) is 5.56 Å². The van der Waals surface area contributed by atoms with Crippen molar-refractivity contribution in [2.45, 2.75) is 0 Å². The lowest BCUT2D eigenvalue weighted by atomic mass is 10.2. The summed E-state index contributed by atoms with van der Waals surface area (Å²) in [6.07, 6.45) is 1.56. The van der Waals surface area contributed by atoms with Crippen molar-refractivity contribution in [2.75, 3.05) is 7.11 Å². The van der Waals surface area contributed by atoms with Gasteiger partial charge < -0.3 is 9.84 Å². The summed E-state index contributed by atoms with van der Waals surface area (Å²) in [4.78, 5) is 19.0. The van der Waals surface area contributed by atoms with Crippen molar-refractivity contribution in [3.63, 3.8) is 0 Å². The number of hydrogen-bond donors (Lipinski definition) is 1. The molecule has 2 heterocycles. The van der Waals surface area contributed by atoms with Gasteiger partial charge in [0.2, 0.25) is 5.88 Å². The summed E-state index contributed by atoms with van der Waals surface area (Å²) < 4.78 is 4.51. The molecular formula is C10H8N2O3. The largest absolute Gasteiger partial charge is 0.493 e. The highest BCUT2D eigenvalue weighted by atomic mass is 16.5. The van der Waals surface area contributed by atoms with Crippen LogP contribution in [0.4, 0.5) is 0 Å². The van der Waals surface area contributed by atoms with Crippen molar-refractivity contribution in [1.82, 2.24) is 9.97 Å². The Morgan fingerprint density at radius 2 is 2.33 bits per heavy atom. The maximum atomic E-state index is 11.2. The smallest absolute Gasteiger partial charge is 0.343 e. The van der Waals surface area contributed by atoms with Gasteiger partial charge in [-0.3, -0.25) is 0 Å². The van der Waals surface area contributed by atoms with Gasteiger partial charge in [-0.1, -0.05) is 0 Å². The van der Waals surface area contributed by atoms with E-state index in [0.717, 1.165) is 0 Å². The lowest BCUT2D eigenvalue weighted by Crippen LogP contribution is -2.03. The number of rotatable bonds is 1. The van der Waals surface area contributed by atoms with Gasteiger partial charge in [-0.25, -0.2) is 9.78 Å². The van der Waals surface area contributed by atoms with Crippen LogP contribution in [0.15, 0.2) is 24.4 Å². The molecule has 0 radical (unpaired) electrons. The van der Waals surface area contributed by atoms with Crippen LogP contribution >= 0.6 is 0 Å². The van der Waals surface area contributed by atoms with E-state index in [-0.39, 0.29) is 11.4 Å². The maximum Gasteiger partial charge on any atom is 0.343 e. The molecule has 15 heavy (non-hydrogen) atoms. The molecule has 1 N–H and O–H groups in total. The van der Waals surface area contributed by atoms with Crippen molar-refractivity contribution in [1.29, 1.82) is 0 Å². The average molecular weight is 204 g/mol. The van der Waals surface area contributed by atoms with E-state index in [2.05, 4.69) is 14.7 Å². The molecule has 0 aliphatic carbocycles. The zero-order valence-corrected chi connectivity index (χ0v) is 7.97. The van der Waals surface area contributed by atoms with Gasteiger partial charge in [0, 0.05) is 11.6 Å². The topological polar surface area (TPSA) is 72.3 Å². The van der Waals surface area contributed by atoms with Crippen molar-refractivity contribution < 1.29 is 14.6 Å². The predicted octanol–water partition coefficient (Wildman–Crippen LogP) is 1.12. The van der Waals surface area contributed by atoms with Crippen LogP contribution < -0.4 is 0 Å². The Bertz CT molecular complexity index is 525. The quantitative estimate of drug-likeness (QED) is 0.705. The minimum atomic E-state index is -0.620. The third-order valence-corrected chi connectivity index (χ3v) is 1.97. The predicted molar refractivity (Wildman–Crippen MR) is 52.5 cm³/mol. The average Bonchev–Trinajstić information content (AvgIpc) is 2.27. The zero-order valence-electron chi connectivity index (χ0n) is 7.97. The number of pyridine rings is 2. The summed E-state index contributed by atoms with van der Waals surface area (Å²) in [5.41, 5.74) is 0.431. The van der Waals surface area contributed by atoms with Crippen molar-refractivity contribution in [3.05, 3.63) is 30.0 Å². The fourth-order valence-electron chi connectivity index (χ4n) is 1.26. The number of carbonyl (C=O) groups is 1. The van der Waals surface area contributed by atoms with Crippen LogP contribution in [0.25, 0.3) is 11.0 Å². The molecule has 0 aliphatic heterocycles. The highest BCUT2D eigenvalue weighted by Crippen LogP contribution is 2.20. The second kappa shape index (κ2) is 3.53. The molecule has 0 fully saturated rings. The fraction of sp³-hybridized carbons (Fsp3) is 0.100. The molecular weight excluding hydrogens is 196 g/mol. The first-order chi connectivity index (χ1) is 7.22. The van der Waals surface area contributed by atoms with Gasteiger partial charge >= 0.3 is 5.97 Å². The second-order valence-electron chi connectivity index (χ2n) is 2.90. The molecule has 0 bridgehead atoms. The van der Waals surface area contributed by atoms with Gasteiger partial charge in [0.05, 0.1) is 7.11 Å². The fourth-order valence-corrected chi connectivity index (χ4v) is 1.26. The van der Waals surface area contributed by atoms with E-state index in [1.807, 2.05) is 0 Å². The van der Waals surface area contributed by atoms with Crippen LogP contribution in [0.2, 0.25) is 0 Å². The molecule has 0 amide bonds. The highest BCUT2D eigenvalue weighted by Gasteiger charge is 2.14. The van der Waals surface area contributed by atoms with E-state index in [1.54, 1.807) is 18.3 Å². The van der Waals surface area contributed by atoms with Crippen molar-refractivity contribution in [2.24, 2.45) is 0 Å². The molecule has 2 rings (SSSR count). The van der Waals surface area contributed by atoms with E-state index < -0.39 is 5.97 Å². The minimum absolute atomic E-state index is 0.0398. The highest BCUT2D eigenvalue weighted by molar-refractivity contribution is 5.95. The molecule has 0 spiro atoms. The molecule has 0 saturated carbocycles. The number of nitrogens with zero attached hydrogens (tertiary/aromatic N) is 2. The summed E-state index contributed by atoms with van der Waals surface area (Å²) in [7, 11) is 1.25. The molecule has 76 valence electrons. The lowest BCUT2D eigenvalue weighted by Gasteiger charge is -2.02. The van der Waals surface area contributed by atoms with Crippen molar-refractivity contribution >= 4 is 17.0 Å². The third-order valence-electron chi connectivity index (χ3n) is 1.97. The number of aromatic hydroxyl groups is 1. The number of fused-ring (bicyclic) bond motifs is 1. The molecule has 0 aromatic carbocycles. The van der Waals surface area contributed by atoms with Gasteiger partial charge in [0.15, 0.2) is 5.65 Å². The van der Waals surface area contributed by atoms with Gasteiger partial charge in [-0.15, -0.1) is 0 Å². The monoisotopic (exact) mass is 204 g/mol. The lowest BCUT2D eigenvalue weighted by molar-refractivity contribution is 0.0597. The number of hydrogen-bond acceptors (Lipinski definition) is 5. The Balaban J connectivity index is 2.67. The first-order valence-corrected chi connectivity index (χ1v) is 4.25. The Hall–Kier alpha value is -2.17. The number of aromatic nitrogens is 2. The molecule has 5 heteroatoms. The number of carbonyl (C=O) groups excluding carboxylic acids is 1. The zero-order chi connectivity index (χ0) is 10.8. The summed E-state index contributed by atoms with van der Waals surface area (Å²) in [6.45, 7) is 0. The molecule has 0 saturated heterocycles. The van der Waals surface area contributed by atoms with Gasteiger partial charge in [0.25, 0.3) is 0 Å². The van der Waals surface area contributed by atoms with Crippen molar-refractivity contribution in [3.8, 4) is 5.88 Å². The summed E-state index contributed by atoms with van der Waals surface area (Å²) in [5, 5.41) is 10.1. The molecule has 0 unspecified atom stereocenters. The number of esters is 1. The van der Waals surface area contributed by atoms with Gasteiger partial charge in [-0.05, 0) is 18.2 Å². The van der Waals surface area contributed by atoms with E-state index >= 15 is 0 Å². The van der Waals surface area contributed by atoms with Crippen LogP contribution in [-0.4, -0.2) is 28.2 Å². The number of methoxy groups -OCH3 is 1. The first kappa shape index (κ1) is 9.39. The molecule has 2 aromatic rings. The summed E-state index contributed by atoms with van der Waals surface area (Å²) >= 11 is 0. The second-order valence-corrected chi connectivity index (χ2v) is 2.90. The molecule has 0 atom stereocenters. The van der Waals surface area contributed by atoms with Crippen LogP contribution in [0.5, 0.6) is 5.88 Å². The summed E-state index contributed by atoms with van der Waals surface area (Å²) in [5.74, 6) is -0.987. The Morgan fingerprint density at radius 3 is 3.07 bits per heavy atom.